The maximum Gasteiger partial charge on any atom is 0.228 e. The van der Waals surface area contributed by atoms with Gasteiger partial charge in [0.25, 0.3) is 0 Å². The summed E-state index contributed by atoms with van der Waals surface area (Å²) < 4.78 is 0. The second-order valence-electron chi connectivity index (χ2n) is 6.63. The van der Waals surface area contributed by atoms with E-state index in [4.69, 9.17) is 0 Å². The number of benzene rings is 2. The van der Waals surface area contributed by atoms with Gasteiger partial charge >= 0.3 is 0 Å². The van der Waals surface area contributed by atoms with E-state index in [1.165, 1.54) is 5.56 Å². The van der Waals surface area contributed by atoms with Gasteiger partial charge < -0.3 is 10.6 Å². The summed E-state index contributed by atoms with van der Waals surface area (Å²) in [5.41, 5.74) is 3.08. The first-order valence-electron chi connectivity index (χ1n) is 8.83. The van der Waals surface area contributed by atoms with Gasteiger partial charge in [-0.25, -0.2) is 0 Å². The fourth-order valence-corrected chi connectivity index (χ4v) is 2.98. The van der Waals surface area contributed by atoms with Gasteiger partial charge in [0.15, 0.2) is 0 Å². The zero-order valence-corrected chi connectivity index (χ0v) is 14.7. The van der Waals surface area contributed by atoms with Crippen LogP contribution in [0.25, 0.3) is 0 Å². The van der Waals surface area contributed by atoms with Crippen LogP contribution >= 0.6 is 0 Å². The second-order valence-corrected chi connectivity index (χ2v) is 6.63. The van der Waals surface area contributed by atoms with Gasteiger partial charge in [0.05, 0.1) is 17.9 Å². The first-order valence-corrected chi connectivity index (χ1v) is 8.83. The Kier molecular flexibility index (Phi) is 5.17. The van der Waals surface area contributed by atoms with Crippen molar-refractivity contribution in [2.24, 2.45) is 11.8 Å². The average Bonchev–Trinajstić information content (AvgIpc) is 3.44. The van der Waals surface area contributed by atoms with Crippen LogP contribution in [-0.4, -0.2) is 11.8 Å². The highest BCUT2D eigenvalue weighted by molar-refractivity contribution is 5.99. The Morgan fingerprint density at radius 2 is 1.64 bits per heavy atom. The maximum atomic E-state index is 12.3. The summed E-state index contributed by atoms with van der Waals surface area (Å²) >= 11 is 0. The molecule has 2 aromatic rings. The minimum absolute atomic E-state index is 0.0437. The van der Waals surface area contributed by atoms with Crippen LogP contribution in [0.2, 0.25) is 0 Å². The van der Waals surface area contributed by atoms with Crippen LogP contribution in [0.1, 0.15) is 37.4 Å². The van der Waals surface area contributed by atoms with Crippen LogP contribution in [-0.2, 0) is 16.0 Å². The third-order valence-corrected chi connectivity index (χ3v) is 4.75. The number of aryl methyl sites for hydroxylation is 1. The van der Waals surface area contributed by atoms with E-state index in [-0.39, 0.29) is 29.7 Å². The molecule has 1 saturated carbocycles. The highest BCUT2D eigenvalue weighted by atomic mass is 16.2. The van der Waals surface area contributed by atoms with Crippen molar-refractivity contribution < 1.29 is 9.59 Å². The number of anilines is 1. The molecule has 1 aliphatic carbocycles. The Hall–Kier alpha value is -2.62. The van der Waals surface area contributed by atoms with Gasteiger partial charge in [0.2, 0.25) is 11.8 Å². The molecule has 4 heteroatoms. The van der Waals surface area contributed by atoms with Crippen molar-refractivity contribution in [3.8, 4) is 0 Å². The van der Waals surface area contributed by atoms with Crippen molar-refractivity contribution in [1.82, 2.24) is 5.32 Å². The molecule has 0 aliphatic heterocycles. The van der Waals surface area contributed by atoms with Gasteiger partial charge in [-0.15, -0.1) is 0 Å². The van der Waals surface area contributed by atoms with E-state index in [9.17, 15) is 9.59 Å². The molecule has 4 nitrogen and oxygen atoms in total. The molecule has 0 saturated heterocycles. The van der Waals surface area contributed by atoms with Gasteiger partial charge in [-0.05, 0) is 43.0 Å². The number of hydrogen-bond acceptors (Lipinski definition) is 2. The predicted molar refractivity (Wildman–Crippen MR) is 99.0 cm³/mol. The summed E-state index contributed by atoms with van der Waals surface area (Å²) in [6, 6.07) is 17.6. The van der Waals surface area contributed by atoms with E-state index >= 15 is 0 Å². The van der Waals surface area contributed by atoms with E-state index in [1.54, 1.807) is 0 Å². The van der Waals surface area contributed by atoms with Crippen LogP contribution < -0.4 is 10.6 Å². The zero-order valence-electron chi connectivity index (χ0n) is 14.7. The molecule has 1 fully saturated rings. The molecule has 2 N–H and O–H groups in total. The van der Waals surface area contributed by atoms with Crippen molar-refractivity contribution in [2.75, 3.05) is 5.32 Å². The highest BCUT2D eigenvalue weighted by Gasteiger charge is 2.48. The number of rotatable bonds is 6. The smallest absolute Gasteiger partial charge is 0.228 e. The lowest BCUT2D eigenvalue weighted by Crippen LogP contribution is -2.29. The lowest BCUT2D eigenvalue weighted by molar-refractivity contribution is -0.125. The molecule has 25 heavy (non-hydrogen) atoms. The van der Waals surface area contributed by atoms with E-state index < -0.39 is 0 Å². The van der Waals surface area contributed by atoms with E-state index in [0.717, 1.165) is 17.7 Å². The van der Waals surface area contributed by atoms with Gasteiger partial charge in [0.1, 0.15) is 0 Å². The molecular weight excluding hydrogens is 312 g/mol. The van der Waals surface area contributed by atoms with Gasteiger partial charge in [-0.3, -0.25) is 9.59 Å². The summed E-state index contributed by atoms with van der Waals surface area (Å²) in [5, 5.41) is 5.91. The number of hydrogen-bond donors (Lipinski definition) is 2. The molecule has 0 radical (unpaired) electrons. The van der Waals surface area contributed by atoms with Crippen molar-refractivity contribution in [3.05, 3.63) is 65.7 Å². The Morgan fingerprint density at radius 3 is 2.28 bits per heavy atom. The minimum atomic E-state index is -0.228. The Labute approximate surface area is 148 Å². The van der Waals surface area contributed by atoms with E-state index in [1.807, 2.05) is 61.5 Å². The van der Waals surface area contributed by atoms with Crippen molar-refractivity contribution in [3.63, 3.8) is 0 Å². The average molecular weight is 336 g/mol. The lowest BCUT2D eigenvalue weighted by Gasteiger charge is -2.14. The second kappa shape index (κ2) is 7.51. The first-order chi connectivity index (χ1) is 12.1. The van der Waals surface area contributed by atoms with Gasteiger partial charge in [-0.1, -0.05) is 49.4 Å². The first kappa shape index (κ1) is 17.2. The summed E-state index contributed by atoms with van der Waals surface area (Å²) in [5.74, 6) is -0.565. The molecule has 1 aliphatic rings. The summed E-state index contributed by atoms with van der Waals surface area (Å²) in [7, 11) is 0. The van der Waals surface area contributed by atoms with Crippen molar-refractivity contribution in [2.45, 2.75) is 32.7 Å². The molecule has 3 atom stereocenters. The van der Waals surface area contributed by atoms with E-state index in [0.29, 0.717) is 6.42 Å². The third kappa shape index (κ3) is 4.27. The topological polar surface area (TPSA) is 58.2 Å². The van der Waals surface area contributed by atoms with Crippen LogP contribution in [0.4, 0.5) is 5.69 Å². The van der Waals surface area contributed by atoms with Crippen LogP contribution in [0, 0.1) is 11.8 Å². The fourth-order valence-electron chi connectivity index (χ4n) is 2.98. The number of carbonyl (C=O) groups is 2. The Bertz CT molecular complexity index is 740. The SMILES string of the molecule is CCc1ccc(NC(=O)C2CC2C(=O)NC(C)c2ccccc2)cc1. The third-order valence-electron chi connectivity index (χ3n) is 4.75. The summed E-state index contributed by atoms with van der Waals surface area (Å²) in [4.78, 5) is 24.7. The molecule has 3 unspecified atom stereocenters. The van der Waals surface area contributed by atoms with Crippen LogP contribution in [0.5, 0.6) is 0 Å². The maximum absolute atomic E-state index is 12.3. The molecule has 2 amide bonds. The van der Waals surface area contributed by atoms with Gasteiger partial charge in [-0.2, -0.15) is 0 Å². The normalized spacial score (nSPS) is 19.8. The quantitative estimate of drug-likeness (QED) is 0.845. The standard InChI is InChI=1S/C21H24N2O2/c1-3-15-9-11-17(12-10-15)23-21(25)19-13-18(19)20(24)22-14(2)16-7-5-4-6-8-16/h4-12,14,18-19H,3,13H2,1-2H3,(H,22,24)(H,23,25). The Morgan fingerprint density at radius 1 is 1.00 bits per heavy atom. The monoisotopic (exact) mass is 336 g/mol. The number of amides is 2. The van der Waals surface area contributed by atoms with Crippen LogP contribution in [0.3, 0.4) is 0 Å². The molecule has 3 rings (SSSR count). The minimum Gasteiger partial charge on any atom is -0.349 e. The summed E-state index contributed by atoms with van der Waals surface area (Å²) in [6.45, 7) is 4.05. The van der Waals surface area contributed by atoms with E-state index in [2.05, 4.69) is 17.6 Å². The molecule has 0 bridgehead atoms. The summed E-state index contributed by atoms with van der Waals surface area (Å²) in [6.07, 6.45) is 1.59. The number of nitrogens with one attached hydrogen (secondary N) is 2. The van der Waals surface area contributed by atoms with Crippen molar-refractivity contribution >= 4 is 17.5 Å². The molecule has 0 heterocycles. The molecule has 0 aromatic heterocycles. The highest BCUT2D eigenvalue weighted by Crippen LogP contribution is 2.40. The number of carbonyl (C=O) groups excluding carboxylic acids is 2. The lowest BCUT2D eigenvalue weighted by atomic mass is 10.1. The zero-order chi connectivity index (χ0) is 17.8. The predicted octanol–water partition coefficient (Wildman–Crippen LogP) is 3.70. The Balaban J connectivity index is 1.51. The molecule has 2 aromatic carbocycles. The van der Waals surface area contributed by atoms with Crippen LogP contribution in [0.15, 0.2) is 54.6 Å². The largest absolute Gasteiger partial charge is 0.349 e. The van der Waals surface area contributed by atoms with Crippen molar-refractivity contribution in [1.29, 1.82) is 0 Å². The fraction of sp³-hybridized carbons (Fsp3) is 0.333. The molecule has 130 valence electrons. The molecular formula is C21H24N2O2. The van der Waals surface area contributed by atoms with Gasteiger partial charge in [0, 0.05) is 5.69 Å². The molecule has 0 spiro atoms.